The topological polar surface area (TPSA) is 86.8 Å². The van der Waals surface area contributed by atoms with Crippen molar-refractivity contribution in [3.8, 4) is 0 Å². The lowest BCUT2D eigenvalue weighted by Gasteiger charge is -2.33. The molecule has 0 fully saturated rings. The summed E-state index contributed by atoms with van der Waals surface area (Å²) in [4.78, 5) is 28.3. The van der Waals surface area contributed by atoms with Crippen LogP contribution in [0.1, 0.15) is 44.7 Å². The molecule has 0 saturated carbocycles. The number of halogens is 3. The molecule has 11 heteroatoms. The van der Waals surface area contributed by atoms with Gasteiger partial charge in [-0.3, -0.25) is 13.9 Å². The summed E-state index contributed by atoms with van der Waals surface area (Å²) in [6, 6.07) is 9.32. The van der Waals surface area contributed by atoms with Crippen LogP contribution in [0, 0.1) is 6.92 Å². The van der Waals surface area contributed by atoms with Crippen LogP contribution in [0.15, 0.2) is 36.4 Å². The fourth-order valence-electron chi connectivity index (χ4n) is 3.67. The van der Waals surface area contributed by atoms with E-state index in [1.807, 2.05) is 52.0 Å². The highest BCUT2D eigenvalue weighted by atomic mass is 35.5. The van der Waals surface area contributed by atoms with Gasteiger partial charge in [0, 0.05) is 12.6 Å². The third-order valence-corrected chi connectivity index (χ3v) is 7.91. The van der Waals surface area contributed by atoms with E-state index in [-0.39, 0.29) is 39.2 Å². The van der Waals surface area contributed by atoms with Gasteiger partial charge in [-0.1, -0.05) is 78.5 Å². The molecule has 0 spiro atoms. The number of hydrogen-bond acceptors (Lipinski definition) is 4. The molecule has 2 aromatic carbocycles. The first-order valence-electron chi connectivity index (χ1n) is 11.6. The molecule has 2 amide bonds. The lowest BCUT2D eigenvalue weighted by atomic mass is 10.1. The molecular formula is C25H32Cl3N3O4S. The van der Waals surface area contributed by atoms with Crippen LogP contribution in [0.25, 0.3) is 0 Å². The van der Waals surface area contributed by atoms with E-state index in [4.69, 9.17) is 34.8 Å². The molecule has 2 aromatic rings. The highest BCUT2D eigenvalue weighted by molar-refractivity contribution is 7.92. The Morgan fingerprint density at radius 1 is 1.00 bits per heavy atom. The molecule has 0 radical (unpaired) electrons. The zero-order chi connectivity index (χ0) is 27.2. The van der Waals surface area contributed by atoms with Crippen molar-refractivity contribution in [2.75, 3.05) is 17.1 Å². The van der Waals surface area contributed by atoms with E-state index in [9.17, 15) is 18.0 Å². The summed E-state index contributed by atoms with van der Waals surface area (Å²) in [5, 5.41) is 3.20. The van der Waals surface area contributed by atoms with Crippen molar-refractivity contribution in [2.45, 2.75) is 59.2 Å². The second kappa shape index (κ2) is 13.0. The van der Waals surface area contributed by atoms with Gasteiger partial charge in [-0.2, -0.15) is 0 Å². The van der Waals surface area contributed by atoms with Crippen LogP contribution in [0.5, 0.6) is 0 Å². The number of nitrogens with zero attached hydrogens (tertiary/aromatic N) is 2. The highest BCUT2D eigenvalue weighted by Gasteiger charge is 2.33. The fourth-order valence-corrected chi connectivity index (χ4v) is 5.21. The van der Waals surface area contributed by atoms with E-state index in [1.165, 1.54) is 17.0 Å². The lowest BCUT2D eigenvalue weighted by Crippen LogP contribution is -2.53. The third-order valence-electron chi connectivity index (χ3n) is 5.76. The monoisotopic (exact) mass is 575 g/mol. The average molecular weight is 577 g/mol. The van der Waals surface area contributed by atoms with Crippen LogP contribution in [0.4, 0.5) is 5.69 Å². The molecule has 0 aliphatic rings. The van der Waals surface area contributed by atoms with E-state index in [2.05, 4.69) is 5.32 Å². The minimum Gasteiger partial charge on any atom is -0.352 e. The Bertz CT molecular complexity index is 1210. The molecule has 2 rings (SSSR count). The predicted octanol–water partition coefficient (Wildman–Crippen LogP) is 5.44. The average Bonchev–Trinajstić information content (AvgIpc) is 2.79. The van der Waals surface area contributed by atoms with Gasteiger partial charge < -0.3 is 10.2 Å². The van der Waals surface area contributed by atoms with Gasteiger partial charge in [-0.05, 0) is 44.4 Å². The van der Waals surface area contributed by atoms with E-state index >= 15 is 0 Å². The number of rotatable bonds is 11. The smallest absolute Gasteiger partial charge is 0.244 e. The van der Waals surface area contributed by atoms with Gasteiger partial charge in [-0.25, -0.2) is 8.42 Å². The molecule has 0 bridgehead atoms. The molecule has 0 saturated heterocycles. The van der Waals surface area contributed by atoms with E-state index < -0.39 is 28.5 Å². The Balaban J connectivity index is 2.51. The van der Waals surface area contributed by atoms with E-state index in [1.54, 1.807) is 0 Å². The fraction of sp³-hybridized carbons (Fsp3) is 0.440. The Kier molecular flexibility index (Phi) is 10.9. The molecule has 0 heterocycles. The molecule has 2 atom stereocenters. The molecular weight excluding hydrogens is 545 g/mol. The van der Waals surface area contributed by atoms with Crippen LogP contribution < -0.4 is 9.62 Å². The summed E-state index contributed by atoms with van der Waals surface area (Å²) >= 11 is 18.4. The number of amides is 2. The van der Waals surface area contributed by atoms with Gasteiger partial charge in [0.15, 0.2) is 0 Å². The minimum absolute atomic E-state index is 0.0226. The normalized spacial score (nSPS) is 13.1. The van der Waals surface area contributed by atoms with Gasteiger partial charge in [0.1, 0.15) is 12.6 Å². The first-order chi connectivity index (χ1) is 16.8. The van der Waals surface area contributed by atoms with Gasteiger partial charge in [0.05, 0.1) is 27.0 Å². The van der Waals surface area contributed by atoms with Crippen molar-refractivity contribution in [3.63, 3.8) is 0 Å². The van der Waals surface area contributed by atoms with Crippen LogP contribution in [-0.2, 0) is 26.2 Å². The van der Waals surface area contributed by atoms with Crippen molar-refractivity contribution in [2.24, 2.45) is 0 Å². The summed E-state index contributed by atoms with van der Waals surface area (Å²) in [6.45, 7) is 7.12. The largest absolute Gasteiger partial charge is 0.352 e. The van der Waals surface area contributed by atoms with E-state index in [0.29, 0.717) is 6.42 Å². The quantitative estimate of drug-likeness (QED) is 0.361. The van der Waals surface area contributed by atoms with Gasteiger partial charge in [-0.15, -0.1) is 0 Å². The van der Waals surface area contributed by atoms with Crippen molar-refractivity contribution in [3.05, 3.63) is 62.6 Å². The molecule has 36 heavy (non-hydrogen) atoms. The van der Waals surface area contributed by atoms with Crippen molar-refractivity contribution >= 4 is 62.3 Å². The van der Waals surface area contributed by atoms with Gasteiger partial charge >= 0.3 is 0 Å². The molecule has 0 unspecified atom stereocenters. The number of benzene rings is 2. The first kappa shape index (κ1) is 30.2. The number of aryl methyl sites for hydroxylation is 1. The summed E-state index contributed by atoms with van der Waals surface area (Å²) in [7, 11) is -3.95. The maximum Gasteiger partial charge on any atom is 0.244 e. The summed E-state index contributed by atoms with van der Waals surface area (Å²) in [6.07, 6.45) is 2.04. The Hall–Kier alpha value is -2.00. The van der Waals surface area contributed by atoms with Crippen molar-refractivity contribution in [1.29, 1.82) is 0 Å². The van der Waals surface area contributed by atoms with Crippen LogP contribution >= 0.6 is 34.8 Å². The number of sulfonamides is 1. The standard InChI is InChI=1S/C25H32Cl3N3O4S/c1-6-17(4)29-25(33)22(7-2)30(14-18-10-8-9-16(3)11-18)24(32)15-31(36(5,34)35)23-13-20(27)19(26)12-21(23)28/h8-13,17,22H,6-7,14-15H2,1-5H3,(H,29,33)/t17-,22-/m0/s1. The lowest BCUT2D eigenvalue weighted by molar-refractivity contribution is -0.140. The van der Waals surface area contributed by atoms with Crippen LogP contribution in [-0.4, -0.2) is 50.0 Å². The first-order valence-corrected chi connectivity index (χ1v) is 14.5. The number of hydrogen-bond donors (Lipinski definition) is 1. The zero-order valence-corrected chi connectivity index (χ0v) is 24.1. The molecule has 0 aromatic heterocycles. The minimum atomic E-state index is -3.95. The molecule has 0 aliphatic carbocycles. The maximum absolute atomic E-state index is 13.7. The predicted molar refractivity (Wildman–Crippen MR) is 147 cm³/mol. The van der Waals surface area contributed by atoms with Crippen molar-refractivity contribution < 1.29 is 18.0 Å². The second-order valence-corrected chi connectivity index (χ2v) is 11.9. The molecule has 1 N–H and O–H groups in total. The summed E-state index contributed by atoms with van der Waals surface area (Å²) in [5.74, 6) is -0.860. The summed E-state index contributed by atoms with van der Waals surface area (Å²) < 4.78 is 26.4. The second-order valence-electron chi connectivity index (χ2n) is 8.74. The Morgan fingerprint density at radius 2 is 1.64 bits per heavy atom. The highest BCUT2D eigenvalue weighted by Crippen LogP contribution is 2.35. The van der Waals surface area contributed by atoms with Gasteiger partial charge in [0.2, 0.25) is 21.8 Å². The summed E-state index contributed by atoms with van der Waals surface area (Å²) in [5.41, 5.74) is 1.84. The molecule has 7 nitrogen and oxygen atoms in total. The maximum atomic E-state index is 13.7. The number of carbonyl (C=O) groups is 2. The molecule has 198 valence electrons. The number of nitrogens with one attached hydrogen (secondary N) is 1. The Morgan fingerprint density at radius 3 is 2.19 bits per heavy atom. The Labute approximate surface area is 228 Å². The number of anilines is 1. The van der Waals surface area contributed by atoms with Crippen LogP contribution in [0.2, 0.25) is 15.1 Å². The zero-order valence-electron chi connectivity index (χ0n) is 21.0. The van der Waals surface area contributed by atoms with E-state index in [0.717, 1.165) is 28.1 Å². The SMILES string of the molecule is CC[C@H](C)NC(=O)[C@H](CC)N(Cc1cccc(C)c1)C(=O)CN(c1cc(Cl)c(Cl)cc1Cl)S(C)(=O)=O. The third kappa shape index (κ3) is 8.00. The van der Waals surface area contributed by atoms with Crippen LogP contribution in [0.3, 0.4) is 0 Å². The molecule has 0 aliphatic heterocycles. The number of carbonyl (C=O) groups excluding carboxylic acids is 2. The van der Waals surface area contributed by atoms with Crippen molar-refractivity contribution in [1.82, 2.24) is 10.2 Å². The van der Waals surface area contributed by atoms with Gasteiger partial charge in [0.25, 0.3) is 0 Å².